The molecule has 0 bridgehead atoms. The molecule has 2 N–H and O–H groups in total. The summed E-state index contributed by atoms with van der Waals surface area (Å²) in [5.41, 5.74) is 0.397. The van der Waals surface area contributed by atoms with Crippen molar-refractivity contribution >= 4 is 29.9 Å². The topological polar surface area (TPSA) is 48.9 Å². The summed E-state index contributed by atoms with van der Waals surface area (Å²) in [5, 5.41) is 7.13. The molecule has 2 rings (SSSR count). The van der Waals surface area contributed by atoms with Gasteiger partial charge < -0.3 is 20.3 Å². The molecule has 0 aromatic rings. The Balaban J connectivity index is 0.00000338. The predicted molar refractivity (Wildman–Crippen MR) is 122 cm³/mol. The molecule has 1 heterocycles. The first-order valence-corrected chi connectivity index (χ1v) is 10.4. The summed E-state index contributed by atoms with van der Waals surface area (Å²) in [4.78, 5) is 7.02. The highest BCUT2D eigenvalue weighted by Crippen LogP contribution is 2.40. The van der Waals surface area contributed by atoms with Gasteiger partial charge in [-0.3, -0.25) is 4.99 Å². The predicted octanol–water partition coefficient (Wildman–Crippen LogP) is 3.49. The van der Waals surface area contributed by atoms with Gasteiger partial charge in [0.1, 0.15) is 0 Å². The van der Waals surface area contributed by atoms with E-state index in [0.717, 1.165) is 38.7 Å². The fraction of sp³-hybridized carbons (Fsp3) is 0.950. The summed E-state index contributed by atoms with van der Waals surface area (Å²) >= 11 is 0. The second kappa shape index (κ2) is 13.2. The van der Waals surface area contributed by atoms with Crippen LogP contribution in [0.4, 0.5) is 0 Å². The summed E-state index contributed by atoms with van der Waals surface area (Å²) in [6.45, 7) is 11.9. The zero-order valence-electron chi connectivity index (χ0n) is 17.2. The molecule has 1 saturated carbocycles. The first-order chi connectivity index (χ1) is 12.2. The number of aliphatic imine (C=N–C) groups is 1. The van der Waals surface area contributed by atoms with E-state index in [9.17, 15) is 0 Å². The minimum atomic E-state index is 0. The van der Waals surface area contributed by atoms with Crippen molar-refractivity contribution in [3.8, 4) is 0 Å². The number of nitrogens with one attached hydrogen (secondary N) is 2. The average Bonchev–Trinajstić information content (AvgIpc) is 3.28. The van der Waals surface area contributed by atoms with E-state index in [1.165, 1.54) is 58.2 Å². The molecule has 1 aliphatic carbocycles. The fourth-order valence-corrected chi connectivity index (χ4v) is 4.31. The largest absolute Gasteiger partial charge is 0.382 e. The lowest BCUT2D eigenvalue weighted by molar-refractivity contribution is 0.105. The van der Waals surface area contributed by atoms with Gasteiger partial charge >= 0.3 is 0 Å². The molecule has 1 aliphatic heterocycles. The van der Waals surface area contributed by atoms with Crippen LogP contribution >= 0.6 is 24.0 Å². The van der Waals surface area contributed by atoms with Gasteiger partial charge in [0, 0.05) is 39.9 Å². The number of guanidine groups is 1. The number of ether oxygens (including phenoxy) is 1. The molecule has 0 aromatic heterocycles. The molecule has 0 spiro atoms. The van der Waals surface area contributed by atoms with Crippen LogP contribution in [0.1, 0.15) is 58.8 Å². The van der Waals surface area contributed by atoms with Gasteiger partial charge in [-0.1, -0.05) is 19.8 Å². The summed E-state index contributed by atoms with van der Waals surface area (Å²) < 4.78 is 5.62. The molecule has 0 amide bonds. The number of hydrogen-bond acceptors (Lipinski definition) is 3. The van der Waals surface area contributed by atoms with Crippen molar-refractivity contribution in [2.45, 2.75) is 58.8 Å². The normalized spacial score (nSPS) is 21.4. The van der Waals surface area contributed by atoms with E-state index in [2.05, 4.69) is 34.4 Å². The summed E-state index contributed by atoms with van der Waals surface area (Å²) in [7, 11) is 1.88. The van der Waals surface area contributed by atoms with Crippen molar-refractivity contribution in [2.75, 3.05) is 53.0 Å². The quantitative estimate of drug-likeness (QED) is 0.218. The van der Waals surface area contributed by atoms with E-state index in [1.54, 1.807) is 0 Å². The van der Waals surface area contributed by atoms with E-state index >= 15 is 0 Å². The van der Waals surface area contributed by atoms with E-state index in [-0.39, 0.29) is 24.0 Å². The maximum absolute atomic E-state index is 5.62. The third-order valence-corrected chi connectivity index (χ3v) is 5.89. The van der Waals surface area contributed by atoms with E-state index in [4.69, 9.17) is 4.74 Å². The minimum absolute atomic E-state index is 0. The maximum atomic E-state index is 5.62. The average molecular weight is 480 g/mol. The third-order valence-electron chi connectivity index (χ3n) is 5.89. The molecule has 5 nitrogen and oxygen atoms in total. The van der Waals surface area contributed by atoms with Crippen molar-refractivity contribution in [1.82, 2.24) is 15.5 Å². The smallest absolute Gasteiger partial charge is 0.191 e. The number of hydrogen-bond donors (Lipinski definition) is 2. The lowest BCUT2D eigenvalue weighted by atomic mass is 9.83. The van der Waals surface area contributed by atoms with Crippen molar-refractivity contribution in [3.63, 3.8) is 0 Å². The van der Waals surface area contributed by atoms with E-state index in [0.29, 0.717) is 11.3 Å². The molecular formula is C20H41IN4O. The van der Waals surface area contributed by atoms with Crippen LogP contribution in [-0.2, 0) is 4.74 Å². The van der Waals surface area contributed by atoms with Crippen LogP contribution in [0.2, 0.25) is 0 Å². The minimum Gasteiger partial charge on any atom is -0.382 e. The van der Waals surface area contributed by atoms with Crippen LogP contribution < -0.4 is 10.6 Å². The molecule has 6 heteroatoms. The Morgan fingerprint density at radius 2 is 1.85 bits per heavy atom. The first kappa shape index (κ1) is 24.0. The number of nitrogens with zero attached hydrogens (tertiary/aromatic N) is 2. The Morgan fingerprint density at radius 3 is 2.46 bits per heavy atom. The van der Waals surface area contributed by atoms with Crippen molar-refractivity contribution in [2.24, 2.45) is 16.3 Å². The SMILES string of the molecule is CCOCCC1(CNC(=NC)NCC(C)CN2CCCC2)CCCC1.I. The van der Waals surface area contributed by atoms with Crippen molar-refractivity contribution in [1.29, 1.82) is 0 Å². The Bertz CT molecular complexity index is 393. The highest BCUT2D eigenvalue weighted by Gasteiger charge is 2.33. The first-order valence-electron chi connectivity index (χ1n) is 10.4. The monoisotopic (exact) mass is 480 g/mol. The second-order valence-corrected chi connectivity index (χ2v) is 8.07. The van der Waals surface area contributed by atoms with Gasteiger partial charge in [0.05, 0.1) is 0 Å². The molecule has 2 aliphatic rings. The molecule has 2 fully saturated rings. The molecule has 0 radical (unpaired) electrons. The lowest BCUT2D eigenvalue weighted by Gasteiger charge is -2.30. The van der Waals surface area contributed by atoms with Crippen LogP contribution in [0, 0.1) is 11.3 Å². The lowest BCUT2D eigenvalue weighted by Crippen LogP contribution is -2.45. The van der Waals surface area contributed by atoms with Crippen LogP contribution in [0.25, 0.3) is 0 Å². The van der Waals surface area contributed by atoms with Crippen LogP contribution in [0.15, 0.2) is 4.99 Å². The Kier molecular flexibility index (Phi) is 12.1. The van der Waals surface area contributed by atoms with Crippen LogP contribution in [0.5, 0.6) is 0 Å². The number of likely N-dealkylation sites (tertiary alicyclic amines) is 1. The van der Waals surface area contributed by atoms with Crippen LogP contribution in [-0.4, -0.2) is 63.8 Å². The molecule has 1 atom stereocenters. The summed E-state index contributed by atoms with van der Waals surface area (Å²) in [5.74, 6) is 1.60. The van der Waals surface area contributed by atoms with Gasteiger partial charge in [0.2, 0.25) is 0 Å². The zero-order valence-corrected chi connectivity index (χ0v) is 19.5. The van der Waals surface area contributed by atoms with Gasteiger partial charge in [-0.15, -0.1) is 24.0 Å². The van der Waals surface area contributed by atoms with E-state index in [1.807, 2.05) is 7.05 Å². The van der Waals surface area contributed by atoms with Gasteiger partial charge in [0.25, 0.3) is 0 Å². The molecule has 1 unspecified atom stereocenters. The second-order valence-electron chi connectivity index (χ2n) is 8.07. The fourth-order valence-electron chi connectivity index (χ4n) is 4.31. The maximum Gasteiger partial charge on any atom is 0.191 e. The van der Waals surface area contributed by atoms with Gasteiger partial charge in [-0.2, -0.15) is 0 Å². The third kappa shape index (κ3) is 8.30. The molecule has 1 saturated heterocycles. The number of rotatable bonds is 10. The number of halogens is 1. The highest BCUT2D eigenvalue weighted by molar-refractivity contribution is 14.0. The molecule has 0 aromatic carbocycles. The highest BCUT2D eigenvalue weighted by atomic mass is 127. The summed E-state index contributed by atoms with van der Waals surface area (Å²) in [6.07, 6.45) is 9.24. The zero-order chi connectivity index (χ0) is 18.0. The van der Waals surface area contributed by atoms with Crippen molar-refractivity contribution in [3.05, 3.63) is 0 Å². The summed E-state index contributed by atoms with van der Waals surface area (Å²) in [6, 6.07) is 0. The van der Waals surface area contributed by atoms with Gasteiger partial charge in [-0.05, 0) is 63.5 Å². The molecular weight excluding hydrogens is 439 g/mol. The van der Waals surface area contributed by atoms with Crippen molar-refractivity contribution < 1.29 is 4.74 Å². The standard InChI is InChI=1S/C20H40N4O.HI/c1-4-25-14-11-20(9-5-6-10-20)17-23-19(21-3)22-15-18(2)16-24-12-7-8-13-24;/h18H,4-17H2,1-3H3,(H2,21,22,23);1H. The van der Waals surface area contributed by atoms with Gasteiger partial charge in [0.15, 0.2) is 5.96 Å². The Labute approximate surface area is 178 Å². The van der Waals surface area contributed by atoms with Crippen LogP contribution in [0.3, 0.4) is 0 Å². The van der Waals surface area contributed by atoms with Gasteiger partial charge in [-0.25, -0.2) is 0 Å². The van der Waals surface area contributed by atoms with E-state index < -0.39 is 0 Å². The molecule has 154 valence electrons. The Morgan fingerprint density at radius 1 is 1.15 bits per heavy atom. The molecule has 26 heavy (non-hydrogen) atoms. The Hall–Kier alpha value is -0.0800.